The second kappa shape index (κ2) is 12.9. The van der Waals surface area contributed by atoms with Crippen LogP contribution < -0.4 is 5.32 Å². The molecule has 0 spiro atoms. The first kappa shape index (κ1) is 17.4. The molecule has 0 saturated heterocycles. The minimum Gasteiger partial charge on any atom is -0.481 e. The minimum absolute atomic E-state index is 0.232. The van der Waals surface area contributed by atoms with Crippen LogP contribution in [0.3, 0.4) is 0 Å². The highest BCUT2D eigenvalue weighted by Gasteiger charge is 1.96. The van der Waals surface area contributed by atoms with Crippen LogP contribution in [-0.2, 0) is 4.79 Å². The van der Waals surface area contributed by atoms with Crippen molar-refractivity contribution in [2.45, 2.75) is 71.6 Å². The SMILES string of the molecule is CC(C)CCCCCCCCCNCCC(=O)O. The van der Waals surface area contributed by atoms with Crippen molar-refractivity contribution in [3.05, 3.63) is 0 Å². The first-order valence-electron chi connectivity index (χ1n) is 7.55. The lowest BCUT2D eigenvalue weighted by Gasteiger charge is -2.05. The maximum Gasteiger partial charge on any atom is 0.304 e. The summed E-state index contributed by atoms with van der Waals surface area (Å²) in [7, 11) is 0. The van der Waals surface area contributed by atoms with Gasteiger partial charge < -0.3 is 10.4 Å². The normalized spacial score (nSPS) is 11.1. The Hall–Kier alpha value is -0.570. The molecule has 18 heavy (non-hydrogen) atoms. The molecule has 0 saturated carbocycles. The molecular weight excluding hydrogens is 226 g/mol. The fourth-order valence-corrected chi connectivity index (χ4v) is 2.01. The van der Waals surface area contributed by atoms with Crippen molar-refractivity contribution in [1.82, 2.24) is 5.32 Å². The Bertz CT molecular complexity index is 193. The number of rotatable bonds is 13. The number of nitrogens with one attached hydrogen (secondary N) is 1. The molecule has 0 rings (SSSR count). The highest BCUT2D eigenvalue weighted by atomic mass is 16.4. The zero-order valence-corrected chi connectivity index (χ0v) is 12.2. The molecular formula is C15H31NO2. The van der Waals surface area contributed by atoms with E-state index in [0.717, 1.165) is 12.5 Å². The predicted molar refractivity (Wildman–Crippen MR) is 76.9 cm³/mol. The molecule has 0 amide bonds. The fourth-order valence-electron chi connectivity index (χ4n) is 2.01. The zero-order valence-electron chi connectivity index (χ0n) is 12.2. The molecule has 3 heteroatoms. The van der Waals surface area contributed by atoms with Crippen LogP contribution in [0.5, 0.6) is 0 Å². The van der Waals surface area contributed by atoms with Gasteiger partial charge in [0, 0.05) is 6.54 Å². The van der Waals surface area contributed by atoms with Gasteiger partial charge in [-0.15, -0.1) is 0 Å². The van der Waals surface area contributed by atoms with E-state index in [1.807, 2.05) is 0 Å². The summed E-state index contributed by atoms with van der Waals surface area (Å²) >= 11 is 0. The number of carboxylic acid groups (broad SMARTS) is 1. The molecule has 0 radical (unpaired) electrons. The van der Waals surface area contributed by atoms with Crippen molar-refractivity contribution in [3.63, 3.8) is 0 Å². The Balaban J connectivity index is 2.97. The summed E-state index contributed by atoms with van der Waals surface area (Å²) in [5.74, 6) is 0.130. The maximum absolute atomic E-state index is 10.3. The molecule has 0 unspecified atom stereocenters. The maximum atomic E-state index is 10.3. The molecule has 2 N–H and O–H groups in total. The third-order valence-electron chi connectivity index (χ3n) is 3.15. The van der Waals surface area contributed by atoms with Crippen molar-refractivity contribution in [2.75, 3.05) is 13.1 Å². The number of carbonyl (C=O) groups is 1. The quantitative estimate of drug-likeness (QED) is 0.493. The Kier molecular flexibility index (Phi) is 12.5. The van der Waals surface area contributed by atoms with Gasteiger partial charge in [-0.1, -0.05) is 58.8 Å². The lowest BCUT2D eigenvalue weighted by atomic mass is 10.0. The molecule has 0 atom stereocenters. The monoisotopic (exact) mass is 257 g/mol. The number of hydrogen-bond acceptors (Lipinski definition) is 2. The Morgan fingerprint density at radius 2 is 1.50 bits per heavy atom. The molecule has 0 aromatic rings. The molecule has 0 fully saturated rings. The Labute approximate surface area is 112 Å². The topological polar surface area (TPSA) is 49.3 Å². The van der Waals surface area contributed by atoms with Crippen LogP contribution in [0, 0.1) is 5.92 Å². The van der Waals surface area contributed by atoms with Gasteiger partial charge in [0.1, 0.15) is 0 Å². The van der Waals surface area contributed by atoms with Crippen LogP contribution in [0.4, 0.5) is 0 Å². The second-order valence-corrected chi connectivity index (χ2v) is 5.55. The van der Waals surface area contributed by atoms with Crippen LogP contribution >= 0.6 is 0 Å². The van der Waals surface area contributed by atoms with E-state index >= 15 is 0 Å². The third kappa shape index (κ3) is 15.4. The molecule has 0 aromatic heterocycles. The third-order valence-corrected chi connectivity index (χ3v) is 3.15. The van der Waals surface area contributed by atoms with E-state index in [1.54, 1.807) is 0 Å². The molecule has 0 heterocycles. The van der Waals surface area contributed by atoms with Gasteiger partial charge in [-0.3, -0.25) is 4.79 Å². The second-order valence-electron chi connectivity index (χ2n) is 5.55. The van der Waals surface area contributed by atoms with Crippen LogP contribution in [0.15, 0.2) is 0 Å². The van der Waals surface area contributed by atoms with Crippen LogP contribution in [0.25, 0.3) is 0 Å². The zero-order chi connectivity index (χ0) is 13.6. The van der Waals surface area contributed by atoms with E-state index in [0.29, 0.717) is 6.54 Å². The summed E-state index contributed by atoms with van der Waals surface area (Å²) < 4.78 is 0. The first-order valence-corrected chi connectivity index (χ1v) is 7.55. The largest absolute Gasteiger partial charge is 0.481 e. The predicted octanol–water partition coefficient (Wildman–Crippen LogP) is 3.83. The van der Waals surface area contributed by atoms with Crippen LogP contribution in [0.1, 0.15) is 71.6 Å². The van der Waals surface area contributed by atoms with Crippen molar-refractivity contribution in [2.24, 2.45) is 5.92 Å². The van der Waals surface area contributed by atoms with Gasteiger partial charge in [-0.2, -0.15) is 0 Å². The van der Waals surface area contributed by atoms with Gasteiger partial charge in [0.05, 0.1) is 6.42 Å². The van der Waals surface area contributed by atoms with Gasteiger partial charge in [-0.25, -0.2) is 0 Å². The van der Waals surface area contributed by atoms with Gasteiger partial charge in [-0.05, 0) is 18.9 Å². The van der Waals surface area contributed by atoms with Crippen molar-refractivity contribution in [3.8, 4) is 0 Å². The van der Waals surface area contributed by atoms with E-state index in [2.05, 4.69) is 19.2 Å². The summed E-state index contributed by atoms with van der Waals surface area (Å²) in [5, 5.41) is 11.6. The number of aliphatic carboxylic acids is 1. The average Bonchev–Trinajstić information content (AvgIpc) is 2.29. The van der Waals surface area contributed by atoms with Gasteiger partial charge in [0.2, 0.25) is 0 Å². The highest BCUT2D eigenvalue weighted by molar-refractivity contribution is 5.66. The van der Waals surface area contributed by atoms with Crippen LogP contribution in [0.2, 0.25) is 0 Å². The standard InChI is InChI=1S/C15H31NO2/c1-14(2)10-8-6-4-3-5-7-9-12-16-13-11-15(17)18/h14,16H,3-13H2,1-2H3,(H,17,18). The Morgan fingerprint density at radius 1 is 0.944 bits per heavy atom. The lowest BCUT2D eigenvalue weighted by molar-refractivity contribution is -0.136. The van der Waals surface area contributed by atoms with Gasteiger partial charge >= 0.3 is 5.97 Å². The van der Waals surface area contributed by atoms with Gasteiger partial charge in [0.15, 0.2) is 0 Å². The van der Waals surface area contributed by atoms with Crippen molar-refractivity contribution in [1.29, 1.82) is 0 Å². The van der Waals surface area contributed by atoms with E-state index in [1.165, 1.54) is 51.4 Å². The molecule has 108 valence electrons. The van der Waals surface area contributed by atoms with E-state index in [4.69, 9.17) is 5.11 Å². The van der Waals surface area contributed by atoms with Crippen molar-refractivity contribution >= 4 is 5.97 Å². The first-order chi connectivity index (χ1) is 8.63. The molecule has 0 bridgehead atoms. The molecule has 0 aromatic carbocycles. The van der Waals surface area contributed by atoms with Crippen molar-refractivity contribution < 1.29 is 9.90 Å². The minimum atomic E-state index is -0.719. The Morgan fingerprint density at radius 3 is 2.06 bits per heavy atom. The summed E-state index contributed by atoms with van der Waals surface area (Å²) in [6.07, 6.45) is 10.9. The van der Waals surface area contributed by atoms with Gasteiger partial charge in [0.25, 0.3) is 0 Å². The summed E-state index contributed by atoms with van der Waals surface area (Å²) in [5.41, 5.74) is 0. The molecule has 0 aliphatic rings. The highest BCUT2D eigenvalue weighted by Crippen LogP contribution is 2.11. The van der Waals surface area contributed by atoms with Crippen LogP contribution in [-0.4, -0.2) is 24.2 Å². The average molecular weight is 257 g/mol. The fraction of sp³-hybridized carbons (Fsp3) is 0.933. The number of unbranched alkanes of at least 4 members (excludes halogenated alkanes) is 6. The smallest absolute Gasteiger partial charge is 0.304 e. The molecule has 0 aliphatic carbocycles. The molecule has 3 nitrogen and oxygen atoms in total. The number of hydrogen-bond donors (Lipinski definition) is 2. The van der Waals surface area contributed by atoms with E-state index < -0.39 is 5.97 Å². The number of carboxylic acids is 1. The summed E-state index contributed by atoms with van der Waals surface area (Å²) in [6.45, 7) is 6.14. The summed E-state index contributed by atoms with van der Waals surface area (Å²) in [4.78, 5) is 10.3. The lowest BCUT2D eigenvalue weighted by Crippen LogP contribution is -2.19. The summed E-state index contributed by atoms with van der Waals surface area (Å²) in [6, 6.07) is 0. The van der Waals surface area contributed by atoms with E-state index in [9.17, 15) is 4.79 Å². The van der Waals surface area contributed by atoms with E-state index in [-0.39, 0.29) is 6.42 Å². The molecule has 0 aliphatic heterocycles.